The van der Waals surface area contributed by atoms with Gasteiger partial charge in [-0.05, 0) is 24.3 Å². The van der Waals surface area contributed by atoms with Crippen LogP contribution >= 0.6 is 0 Å². The molecule has 4 aromatic rings. The lowest BCUT2D eigenvalue weighted by Crippen LogP contribution is -1.99. The molecule has 8 heteroatoms. The standard InChI is InChI=1S/C16H12N8/c17-15-22-12(11-4-1-2-5-18-11)8-13(23-15)14-9-24(10-21-14)16-19-6-3-7-20-16/h1-10H,(H2,17,22,23). The van der Waals surface area contributed by atoms with Gasteiger partial charge in [0.1, 0.15) is 12.0 Å². The summed E-state index contributed by atoms with van der Waals surface area (Å²) in [6.45, 7) is 0. The Morgan fingerprint density at radius 2 is 1.50 bits per heavy atom. The molecule has 0 unspecified atom stereocenters. The van der Waals surface area contributed by atoms with Crippen molar-refractivity contribution in [2.24, 2.45) is 0 Å². The third kappa shape index (κ3) is 2.68. The maximum absolute atomic E-state index is 5.84. The number of hydrogen-bond acceptors (Lipinski definition) is 7. The molecule has 24 heavy (non-hydrogen) atoms. The number of pyridine rings is 1. The average molecular weight is 316 g/mol. The van der Waals surface area contributed by atoms with E-state index in [9.17, 15) is 0 Å². The molecule has 0 aromatic carbocycles. The molecule has 116 valence electrons. The van der Waals surface area contributed by atoms with Crippen LogP contribution in [0.1, 0.15) is 0 Å². The van der Waals surface area contributed by atoms with E-state index < -0.39 is 0 Å². The molecule has 0 spiro atoms. The molecule has 0 saturated heterocycles. The van der Waals surface area contributed by atoms with Crippen molar-refractivity contribution in [3.63, 3.8) is 0 Å². The van der Waals surface area contributed by atoms with Crippen LogP contribution in [0.15, 0.2) is 61.4 Å². The third-order valence-corrected chi connectivity index (χ3v) is 3.30. The van der Waals surface area contributed by atoms with E-state index in [0.29, 0.717) is 23.0 Å². The van der Waals surface area contributed by atoms with Crippen LogP contribution in [0.2, 0.25) is 0 Å². The SMILES string of the molecule is Nc1nc(-c2ccccn2)cc(-c2cn(-c3ncccn3)cn2)n1. The van der Waals surface area contributed by atoms with E-state index in [0.717, 1.165) is 5.69 Å². The summed E-state index contributed by atoms with van der Waals surface area (Å²) in [5.74, 6) is 0.696. The number of anilines is 1. The summed E-state index contributed by atoms with van der Waals surface area (Å²) in [6.07, 6.45) is 8.46. The zero-order valence-electron chi connectivity index (χ0n) is 12.5. The molecule has 0 aliphatic heterocycles. The smallest absolute Gasteiger partial charge is 0.234 e. The first kappa shape index (κ1) is 13.9. The van der Waals surface area contributed by atoms with Crippen molar-refractivity contribution in [3.8, 4) is 28.7 Å². The summed E-state index contributed by atoms with van der Waals surface area (Å²) in [6, 6.07) is 9.16. The fourth-order valence-corrected chi connectivity index (χ4v) is 2.23. The molecule has 4 heterocycles. The second-order valence-electron chi connectivity index (χ2n) is 4.93. The first-order valence-electron chi connectivity index (χ1n) is 7.17. The molecule has 2 N–H and O–H groups in total. The van der Waals surface area contributed by atoms with Gasteiger partial charge in [0.2, 0.25) is 11.9 Å². The van der Waals surface area contributed by atoms with Gasteiger partial charge in [-0.2, -0.15) is 0 Å². The normalized spacial score (nSPS) is 10.7. The molecule has 0 atom stereocenters. The van der Waals surface area contributed by atoms with Gasteiger partial charge >= 0.3 is 0 Å². The summed E-state index contributed by atoms with van der Waals surface area (Å²) >= 11 is 0. The van der Waals surface area contributed by atoms with E-state index in [1.165, 1.54) is 0 Å². The second-order valence-corrected chi connectivity index (χ2v) is 4.93. The van der Waals surface area contributed by atoms with Crippen molar-refractivity contribution >= 4 is 5.95 Å². The Balaban J connectivity index is 1.75. The predicted molar refractivity (Wildman–Crippen MR) is 87.8 cm³/mol. The molecular formula is C16H12N8. The van der Waals surface area contributed by atoms with E-state index in [2.05, 4.69) is 29.9 Å². The Hall–Kier alpha value is -3.68. The molecule has 0 bridgehead atoms. The molecule has 0 radical (unpaired) electrons. The third-order valence-electron chi connectivity index (χ3n) is 3.30. The van der Waals surface area contributed by atoms with Crippen LogP contribution in [-0.4, -0.2) is 34.5 Å². The van der Waals surface area contributed by atoms with E-state index in [1.807, 2.05) is 18.2 Å². The van der Waals surface area contributed by atoms with Crippen LogP contribution in [0.5, 0.6) is 0 Å². The van der Waals surface area contributed by atoms with Crippen LogP contribution in [0, 0.1) is 0 Å². The van der Waals surface area contributed by atoms with Crippen molar-refractivity contribution in [2.45, 2.75) is 0 Å². The molecule has 0 fully saturated rings. The Labute approximate surface area is 137 Å². The monoisotopic (exact) mass is 316 g/mol. The highest BCUT2D eigenvalue weighted by atomic mass is 15.2. The highest BCUT2D eigenvalue weighted by Crippen LogP contribution is 2.22. The van der Waals surface area contributed by atoms with Gasteiger partial charge in [0, 0.05) is 24.8 Å². The topological polar surface area (TPSA) is 108 Å². The van der Waals surface area contributed by atoms with E-state index in [1.54, 1.807) is 47.8 Å². The van der Waals surface area contributed by atoms with Crippen molar-refractivity contribution in [3.05, 3.63) is 61.4 Å². The predicted octanol–water partition coefficient (Wildman–Crippen LogP) is 1.76. The fraction of sp³-hybridized carbons (Fsp3) is 0. The highest BCUT2D eigenvalue weighted by molar-refractivity contribution is 5.64. The quantitative estimate of drug-likeness (QED) is 0.613. The largest absolute Gasteiger partial charge is 0.368 e. The van der Waals surface area contributed by atoms with E-state index in [-0.39, 0.29) is 5.95 Å². The molecular weight excluding hydrogens is 304 g/mol. The molecule has 0 aliphatic rings. The van der Waals surface area contributed by atoms with Gasteiger partial charge in [-0.25, -0.2) is 24.9 Å². The molecule has 4 aromatic heterocycles. The maximum atomic E-state index is 5.84. The minimum Gasteiger partial charge on any atom is -0.368 e. The first-order chi connectivity index (χ1) is 11.8. The zero-order chi connectivity index (χ0) is 16.4. The summed E-state index contributed by atoms with van der Waals surface area (Å²) < 4.78 is 1.72. The summed E-state index contributed by atoms with van der Waals surface area (Å²) in [5.41, 5.74) is 8.46. The highest BCUT2D eigenvalue weighted by Gasteiger charge is 2.11. The Kier molecular flexibility index (Phi) is 3.39. The van der Waals surface area contributed by atoms with Gasteiger partial charge in [0.15, 0.2) is 0 Å². The van der Waals surface area contributed by atoms with Gasteiger partial charge in [-0.1, -0.05) is 6.07 Å². The minimum absolute atomic E-state index is 0.165. The van der Waals surface area contributed by atoms with Gasteiger partial charge in [-0.15, -0.1) is 0 Å². The lowest BCUT2D eigenvalue weighted by Gasteiger charge is -2.03. The lowest BCUT2D eigenvalue weighted by molar-refractivity contribution is 0.925. The molecule has 0 saturated carbocycles. The minimum atomic E-state index is 0.165. The molecule has 4 rings (SSSR count). The van der Waals surface area contributed by atoms with Crippen LogP contribution in [0.3, 0.4) is 0 Å². The number of hydrogen-bond donors (Lipinski definition) is 1. The lowest BCUT2D eigenvalue weighted by atomic mass is 10.2. The van der Waals surface area contributed by atoms with E-state index >= 15 is 0 Å². The summed E-state index contributed by atoms with van der Waals surface area (Å²) in [4.78, 5) is 25.5. The first-order valence-corrected chi connectivity index (χ1v) is 7.17. The van der Waals surface area contributed by atoms with Crippen molar-refractivity contribution < 1.29 is 0 Å². The number of rotatable bonds is 3. The van der Waals surface area contributed by atoms with Gasteiger partial charge in [0.05, 0.1) is 17.1 Å². The van der Waals surface area contributed by atoms with Gasteiger partial charge in [-0.3, -0.25) is 9.55 Å². The maximum Gasteiger partial charge on any atom is 0.234 e. The van der Waals surface area contributed by atoms with Crippen LogP contribution in [0.4, 0.5) is 5.95 Å². The second kappa shape index (κ2) is 5.84. The number of nitrogens with two attached hydrogens (primary N) is 1. The summed E-state index contributed by atoms with van der Waals surface area (Å²) in [7, 11) is 0. The van der Waals surface area contributed by atoms with Crippen LogP contribution in [-0.2, 0) is 0 Å². The summed E-state index contributed by atoms with van der Waals surface area (Å²) in [5, 5.41) is 0. The molecule has 0 aliphatic carbocycles. The zero-order valence-corrected chi connectivity index (χ0v) is 12.5. The Morgan fingerprint density at radius 1 is 0.750 bits per heavy atom. The van der Waals surface area contributed by atoms with Gasteiger partial charge < -0.3 is 5.73 Å². The van der Waals surface area contributed by atoms with Crippen LogP contribution < -0.4 is 5.73 Å². The Morgan fingerprint density at radius 3 is 2.25 bits per heavy atom. The molecule has 8 nitrogen and oxygen atoms in total. The van der Waals surface area contributed by atoms with Crippen LogP contribution in [0.25, 0.3) is 28.7 Å². The van der Waals surface area contributed by atoms with Gasteiger partial charge in [0.25, 0.3) is 0 Å². The van der Waals surface area contributed by atoms with E-state index in [4.69, 9.17) is 5.73 Å². The number of nitrogen functional groups attached to an aromatic ring is 1. The Bertz CT molecular complexity index is 966. The fourth-order valence-electron chi connectivity index (χ4n) is 2.23. The van der Waals surface area contributed by atoms with Crippen molar-refractivity contribution in [1.29, 1.82) is 0 Å². The number of nitrogens with zero attached hydrogens (tertiary/aromatic N) is 7. The number of aromatic nitrogens is 7. The average Bonchev–Trinajstić information content (AvgIpc) is 3.13. The van der Waals surface area contributed by atoms with Crippen molar-refractivity contribution in [2.75, 3.05) is 5.73 Å². The number of imidazole rings is 1. The molecule has 0 amide bonds. The van der Waals surface area contributed by atoms with Crippen molar-refractivity contribution in [1.82, 2.24) is 34.5 Å².